The third-order valence-electron chi connectivity index (χ3n) is 4.39. The predicted octanol–water partition coefficient (Wildman–Crippen LogP) is 4.07. The Hall–Kier alpha value is -2.16. The van der Waals surface area contributed by atoms with E-state index in [2.05, 4.69) is 10.1 Å². The Balaban J connectivity index is 1.83. The number of aromatic nitrogens is 1. The van der Waals surface area contributed by atoms with Gasteiger partial charge in [0.2, 0.25) is 10.0 Å². The van der Waals surface area contributed by atoms with Crippen LogP contribution >= 0.6 is 22.9 Å². The van der Waals surface area contributed by atoms with E-state index in [0.717, 1.165) is 26.6 Å². The van der Waals surface area contributed by atoms with E-state index in [4.69, 9.17) is 16.3 Å². The number of halogens is 1. The molecule has 3 aromatic rings. The van der Waals surface area contributed by atoms with Crippen LogP contribution in [0.15, 0.2) is 46.9 Å². The number of hydrogen-bond acceptors (Lipinski definition) is 6. The van der Waals surface area contributed by atoms with Crippen molar-refractivity contribution in [2.45, 2.75) is 12.5 Å². The van der Waals surface area contributed by atoms with Gasteiger partial charge in [-0.25, -0.2) is 13.4 Å². The lowest BCUT2D eigenvalue weighted by Gasteiger charge is -2.22. The Morgan fingerprint density at radius 1 is 1.30 bits per heavy atom. The number of para-hydroxylation sites is 1. The number of nitrogens with zero attached hydrogens (tertiary/aromatic N) is 3. The van der Waals surface area contributed by atoms with Gasteiger partial charge >= 0.3 is 0 Å². The van der Waals surface area contributed by atoms with E-state index in [1.807, 2.05) is 41.8 Å². The zero-order valence-corrected chi connectivity index (χ0v) is 17.0. The summed E-state index contributed by atoms with van der Waals surface area (Å²) in [5.41, 5.74) is 1.98. The lowest BCUT2D eigenvalue weighted by atomic mass is 10.0. The minimum atomic E-state index is -3.57. The summed E-state index contributed by atoms with van der Waals surface area (Å²) in [5, 5.41) is 7.38. The molecule has 0 fully saturated rings. The topological polar surface area (TPSA) is 71.9 Å². The molecule has 140 valence electrons. The number of methoxy groups -OCH3 is 1. The van der Waals surface area contributed by atoms with Crippen molar-refractivity contribution in [2.75, 3.05) is 13.4 Å². The average Bonchev–Trinajstić information content (AvgIpc) is 3.29. The molecular formula is C18H16ClN3O3S2. The van der Waals surface area contributed by atoms with Crippen LogP contribution in [0, 0.1) is 0 Å². The smallest absolute Gasteiger partial charge is 0.247 e. The van der Waals surface area contributed by atoms with E-state index in [-0.39, 0.29) is 5.15 Å². The van der Waals surface area contributed by atoms with Crippen LogP contribution < -0.4 is 4.74 Å². The fraction of sp³-hybridized carbons (Fsp3) is 0.222. The highest BCUT2D eigenvalue weighted by atomic mass is 35.5. The molecule has 6 nitrogen and oxygen atoms in total. The third-order valence-corrected chi connectivity index (χ3v) is 6.62. The number of benzene rings is 1. The molecule has 9 heteroatoms. The molecule has 1 aliphatic heterocycles. The molecule has 1 aromatic carbocycles. The number of hydrazone groups is 1. The first-order valence-corrected chi connectivity index (χ1v) is 11.2. The minimum absolute atomic E-state index is 0.244. The molecule has 0 unspecified atom stereocenters. The van der Waals surface area contributed by atoms with Crippen LogP contribution in [-0.2, 0) is 10.0 Å². The van der Waals surface area contributed by atoms with Gasteiger partial charge in [-0.15, -0.1) is 11.3 Å². The van der Waals surface area contributed by atoms with Gasteiger partial charge in [-0.1, -0.05) is 29.8 Å². The van der Waals surface area contributed by atoms with E-state index >= 15 is 0 Å². The predicted molar refractivity (Wildman–Crippen MR) is 108 cm³/mol. The number of fused-ring (bicyclic) bond motifs is 1. The Morgan fingerprint density at radius 3 is 2.78 bits per heavy atom. The number of pyridine rings is 1. The lowest BCUT2D eigenvalue weighted by molar-refractivity contribution is 0.374. The summed E-state index contributed by atoms with van der Waals surface area (Å²) in [6.07, 6.45) is 1.58. The van der Waals surface area contributed by atoms with Crippen molar-refractivity contribution < 1.29 is 13.2 Å². The SMILES string of the molecule is COc1cccc2cc([C@H]3CC(c4cccs4)=NN3S(C)(=O)=O)c(Cl)nc12. The van der Waals surface area contributed by atoms with Crippen molar-refractivity contribution in [3.8, 4) is 5.75 Å². The van der Waals surface area contributed by atoms with Gasteiger partial charge in [0, 0.05) is 17.4 Å². The standard InChI is InChI=1S/C18H16ClN3O3S2/c1-25-15-6-3-5-11-9-12(18(19)20-17(11)15)14-10-13(16-7-4-8-26-16)21-22(14)27(2,23)24/h3-9,14H,10H2,1-2H3/t14-/m1/s1. The molecule has 0 N–H and O–H groups in total. The first kappa shape index (κ1) is 18.2. The van der Waals surface area contributed by atoms with Crippen LogP contribution in [0.2, 0.25) is 5.15 Å². The fourth-order valence-corrected chi connectivity index (χ4v) is 5.06. The maximum Gasteiger partial charge on any atom is 0.247 e. The maximum atomic E-state index is 12.3. The summed E-state index contributed by atoms with van der Waals surface area (Å²) in [4.78, 5) is 5.41. The summed E-state index contributed by atoms with van der Waals surface area (Å²) in [5.74, 6) is 0.614. The molecule has 3 heterocycles. The molecule has 0 saturated carbocycles. The molecule has 1 aliphatic rings. The average molecular weight is 422 g/mol. The molecular weight excluding hydrogens is 406 g/mol. The normalized spacial score (nSPS) is 17.4. The highest BCUT2D eigenvalue weighted by Gasteiger charge is 2.36. The van der Waals surface area contributed by atoms with E-state index in [1.165, 1.54) is 11.3 Å². The first-order valence-electron chi connectivity index (χ1n) is 8.12. The second-order valence-electron chi connectivity index (χ2n) is 6.18. The Bertz CT molecular complexity index is 1140. The van der Waals surface area contributed by atoms with Gasteiger partial charge in [-0.3, -0.25) is 0 Å². The van der Waals surface area contributed by atoms with Crippen LogP contribution in [0.1, 0.15) is 22.9 Å². The molecule has 0 bridgehead atoms. The van der Waals surface area contributed by atoms with Gasteiger partial charge < -0.3 is 4.74 Å². The van der Waals surface area contributed by atoms with E-state index in [9.17, 15) is 8.42 Å². The minimum Gasteiger partial charge on any atom is -0.494 e. The number of sulfonamides is 1. The van der Waals surface area contributed by atoms with Gasteiger partial charge in [0.05, 0.1) is 30.0 Å². The molecule has 0 amide bonds. The van der Waals surface area contributed by atoms with Crippen LogP contribution in [0.3, 0.4) is 0 Å². The fourth-order valence-electron chi connectivity index (χ4n) is 3.18. The van der Waals surface area contributed by atoms with Crippen molar-refractivity contribution >= 4 is 49.6 Å². The summed E-state index contributed by atoms with van der Waals surface area (Å²) in [6, 6.07) is 10.7. The first-order chi connectivity index (χ1) is 12.9. The van der Waals surface area contributed by atoms with Gasteiger partial charge in [-0.05, 0) is 23.6 Å². The van der Waals surface area contributed by atoms with Gasteiger partial charge in [0.15, 0.2) is 0 Å². The van der Waals surface area contributed by atoms with Crippen LogP contribution in [0.4, 0.5) is 0 Å². The summed E-state index contributed by atoms with van der Waals surface area (Å²) in [7, 11) is -2.00. The largest absolute Gasteiger partial charge is 0.494 e. The number of rotatable bonds is 4. The summed E-state index contributed by atoms with van der Waals surface area (Å²) < 4.78 is 31.2. The molecule has 2 aromatic heterocycles. The third kappa shape index (κ3) is 3.28. The van der Waals surface area contributed by atoms with Crippen molar-refractivity contribution in [3.05, 3.63) is 57.4 Å². The van der Waals surface area contributed by atoms with Crippen molar-refractivity contribution in [3.63, 3.8) is 0 Å². The number of thiophene rings is 1. The van der Waals surface area contributed by atoms with Crippen LogP contribution in [0.5, 0.6) is 5.75 Å². The molecule has 1 atom stereocenters. The zero-order chi connectivity index (χ0) is 19.2. The number of hydrogen-bond donors (Lipinski definition) is 0. The molecule has 4 rings (SSSR count). The molecule has 27 heavy (non-hydrogen) atoms. The maximum absolute atomic E-state index is 12.3. The highest BCUT2D eigenvalue weighted by Crippen LogP contribution is 2.39. The van der Waals surface area contributed by atoms with Gasteiger partial charge in [0.1, 0.15) is 16.4 Å². The quantitative estimate of drug-likeness (QED) is 0.595. The van der Waals surface area contributed by atoms with Gasteiger partial charge in [-0.2, -0.15) is 9.52 Å². The monoisotopic (exact) mass is 421 g/mol. The molecule has 0 radical (unpaired) electrons. The van der Waals surface area contributed by atoms with Crippen molar-refractivity contribution in [2.24, 2.45) is 5.10 Å². The van der Waals surface area contributed by atoms with Crippen molar-refractivity contribution in [1.82, 2.24) is 9.40 Å². The van der Waals surface area contributed by atoms with Crippen LogP contribution in [-0.4, -0.2) is 36.9 Å². The molecule has 0 aliphatic carbocycles. The lowest BCUT2D eigenvalue weighted by Crippen LogP contribution is -2.26. The summed E-state index contributed by atoms with van der Waals surface area (Å²) >= 11 is 7.99. The van der Waals surface area contributed by atoms with E-state index in [1.54, 1.807) is 7.11 Å². The number of ether oxygens (including phenoxy) is 1. The van der Waals surface area contributed by atoms with Crippen molar-refractivity contribution in [1.29, 1.82) is 0 Å². The Kier molecular flexibility index (Phi) is 4.57. The second kappa shape index (κ2) is 6.78. The molecule has 0 saturated heterocycles. The van der Waals surface area contributed by atoms with Crippen LogP contribution in [0.25, 0.3) is 10.9 Å². The van der Waals surface area contributed by atoms with E-state index in [0.29, 0.717) is 23.3 Å². The molecule has 0 spiro atoms. The summed E-state index contributed by atoms with van der Waals surface area (Å²) in [6.45, 7) is 0. The van der Waals surface area contributed by atoms with Gasteiger partial charge in [0.25, 0.3) is 0 Å². The Labute approximate surface area is 166 Å². The second-order valence-corrected chi connectivity index (χ2v) is 9.33. The zero-order valence-electron chi connectivity index (χ0n) is 14.6. The highest BCUT2D eigenvalue weighted by molar-refractivity contribution is 7.88. The Morgan fingerprint density at radius 2 is 2.11 bits per heavy atom. The van der Waals surface area contributed by atoms with E-state index < -0.39 is 16.1 Å².